The SMILES string of the molecule is C=CCNC(=O)C(=O)[C@H](CC=C)NC(=O)[C@@H]1CCCN1C(=O)[C@@H](NC(=O)[C@H](C(C)C)N(C(=O)[C@H](CCC(=O)O)N(C(=O)[C@H](CC(=O)O)NC(=O)OC(C)(C)C)C(C)(C)C)C(C)(C)C)C(C)C. The van der Waals surface area contributed by atoms with Crippen LogP contribution >= 0.6 is 0 Å². The van der Waals surface area contributed by atoms with E-state index in [0.717, 1.165) is 4.90 Å². The van der Waals surface area contributed by atoms with Gasteiger partial charge in [-0.2, -0.15) is 0 Å². The summed E-state index contributed by atoms with van der Waals surface area (Å²) in [4.78, 5) is 139. The Kier molecular flexibility index (Phi) is 21.7. The second kappa shape index (κ2) is 24.6. The summed E-state index contributed by atoms with van der Waals surface area (Å²) in [6, 6.07) is -8.33. The molecule has 0 aromatic heterocycles. The summed E-state index contributed by atoms with van der Waals surface area (Å²) in [5, 5.41) is 29.8. The van der Waals surface area contributed by atoms with Crippen LogP contribution in [0.4, 0.5) is 4.79 Å². The quantitative estimate of drug-likeness (QED) is 0.0636. The number of nitrogens with zero attached hydrogens (tertiary/aromatic N) is 3. The normalized spacial score (nSPS) is 16.4. The Balaban J connectivity index is 3.81. The number of carboxylic acids is 2. The lowest BCUT2D eigenvalue weighted by molar-refractivity contribution is -0.162. The number of ether oxygens (including phenoxy) is 1. The summed E-state index contributed by atoms with van der Waals surface area (Å²) in [5.41, 5.74) is -3.56. The minimum absolute atomic E-state index is 0.0241. The zero-order chi connectivity index (χ0) is 51.2. The maximum Gasteiger partial charge on any atom is 0.408 e. The summed E-state index contributed by atoms with van der Waals surface area (Å²) in [6.45, 7) is 28.2. The van der Waals surface area contributed by atoms with Gasteiger partial charge in [-0.1, -0.05) is 39.8 Å². The fraction of sp³-hybridized carbons (Fsp3) is 0.696. The number of carboxylic acid groups (broad SMARTS) is 2. The Bertz CT molecular complexity index is 1830. The third-order valence-corrected chi connectivity index (χ3v) is 10.4. The number of rotatable bonds is 23. The highest BCUT2D eigenvalue weighted by Crippen LogP contribution is 2.31. The second-order valence-corrected chi connectivity index (χ2v) is 20.1. The highest BCUT2D eigenvalue weighted by atomic mass is 16.6. The van der Waals surface area contributed by atoms with Crippen molar-refractivity contribution in [1.29, 1.82) is 0 Å². The number of ketones is 1. The summed E-state index contributed by atoms with van der Waals surface area (Å²) in [7, 11) is 0. The first kappa shape index (κ1) is 58.2. The van der Waals surface area contributed by atoms with Crippen molar-refractivity contribution in [2.24, 2.45) is 11.8 Å². The monoisotopic (exact) mass is 934 g/mol. The summed E-state index contributed by atoms with van der Waals surface area (Å²) >= 11 is 0. The summed E-state index contributed by atoms with van der Waals surface area (Å²) in [5.74, 6) is -9.83. The zero-order valence-corrected chi connectivity index (χ0v) is 41.1. The van der Waals surface area contributed by atoms with Crippen LogP contribution in [0.2, 0.25) is 0 Å². The van der Waals surface area contributed by atoms with Crippen molar-refractivity contribution in [3.63, 3.8) is 0 Å². The molecule has 0 radical (unpaired) electrons. The van der Waals surface area contributed by atoms with Crippen LogP contribution < -0.4 is 21.3 Å². The molecule has 0 saturated carbocycles. The first-order chi connectivity index (χ1) is 30.2. The van der Waals surface area contributed by atoms with Gasteiger partial charge in [0.05, 0.1) is 6.42 Å². The van der Waals surface area contributed by atoms with Crippen molar-refractivity contribution < 1.29 is 62.9 Å². The van der Waals surface area contributed by atoms with Gasteiger partial charge in [0, 0.05) is 30.6 Å². The molecule has 1 aliphatic rings. The molecule has 0 unspecified atom stereocenters. The van der Waals surface area contributed by atoms with Crippen LogP contribution in [0, 0.1) is 11.8 Å². The van der Waals surface area contributed by atoms with E-state index in [9.17, 15) is 53.4 Å². The number of carbonyl (C=O) groups excluding carboxylic acids is 8. The van der Waals surface area contributed by atoms with E-state index < -0.39 is 143 Å². The minimum atomic E-state index is -1.77. The predicted octanol–water partition coefficient (Wildman–Crippen LogP) is 2.93. The van der Waals surface area contributed by atoms with Crippen LogP contribution in [0.5, 0.6) is 0 Å². The number of amides is 7. The molecule has 0 bridgehead atoms. The molecule has 7 amide bonds. The minimum Gasteiger partial charge on any atom is -0.481 e. The standard InChI is InChI=1S/C46H75N7O13/c1-16-19-28(36(58)39(61)47-23-17-2)48-37(59)30-20-18-24-51(30)42(64)34(26(3)4)50-38(60)35(27(5)6)53(45(10,11)12)41(63)31(21-22-32(54)55)52(44(7,8)9)40(62)29(25-33(56)57)49-43(65)66-46(13,14)15/h16-17,26-31,34-35H,1-2,18-25H2,3-15H3,(H,47,61)(H,48,59)(H,49,65)(H,50,60)(H,54,55)(H,56,57)/t28-,29-,30-,31-,34-,35-/m0/s1. The molecule has 20 heteroatoms. The Labute approximate surface area is 389 Å². The van der Waals surface area contributed by atoms with Crippen molar-refractivity contribution in [2.45, 2.75) is 181 Å². The lowest BCUT2D eigenvalue weighted by Crippen LogP contribution is -2.68. The van der Waals surface area contributed by atoms with Gasteiger partial charge in [0.15, 0.2) is 0 Å². The molecule has 0 aromatic rings. The fourth-order valence-electron chi connectivity index (χ4n) is 7.64. The summed E-state index contributed by atoms with van der Waals surface area (Å²) in [6.07, 6.45) is 0.179. The molecule has 0 aromatic carbocycles. The Hall–Kier alpha value is -5.82. The van der Waals surface area contributed by atoms with Gasteiger partial charge in [0.2, 0.25) is 35.3 Å². The van der Waals surface area contributed by atoms with Gasteiger partial charge in [-0.05, 0) is 99.8 Å². The van der Waals surface area contributed by atoms with Crippen LogP contribution in [0.15, 0.2) is 25.3 Å². The first-order valence-corrected chi connectivity index (χ1v) is 22.3. The van der Waals surface area contributed by atoms with Crippen LogP contribution in [-0.2, 0) is 47.9 Å². The first-order valence-electron chi connectivity index (χ1n) is 22.3. The predicted molar refractivity (Wildman–Crippen MR) is 244 cm³/mol. The van der Waals surface area contributed by atoms with Gasteiger partial charge in [0.25, 0.3) is 5.91 Å². The number of hydrogen-bond acceptors (Lipinski definition) is 11. The lowest BCUT2D eigenvalue weighted by Gasteiger charge is -2.49. The van der Waals surface area contributed by atoms with E-state index in [4.69, 9.17) is 4.74 Å². The van der Waals surface area contributed by atoms with E-state index in [0.29, 0.717) is 6.42 Å². The lowest BCUT2D eigenvalue weighted by atomic mass is 9.90. The topological polar surface area (TPSA) is 278 Å². The Morgan fingerprint density at radius 1 is 0.758 bits per heavy atom. The molecule has 6 atom stereocenters. The average molecular weight is 934 g/mol. The second-order valence-electron chi connectivity index (χ2n) is 20.1. The highest BCUT2D eigenvalue weighted by Gasteiger charge is 2.49. The van der Waals surface area contributed by atoms with Crippen molar-refractivity contribution in [3.05, 3.63) is 25.3 Å². The van der Waals surface area contributed by atoms with Crippen LogP contribution in [-0.4, -0.2) is 150 Å². The summed E-state index contributed by atoms with van der Waals surface area (Å²) < 4.78 is 5.30. The Morgan fingerprint density at radius 3 is 1.79 bits per heavy atom. The Morgan fingerprint density at radius 2 is 1.33 bits per heavy atom. The maximum atomic E-state index is 15.3. The van der Waals surface area contributed by atoms with Crippen LogP contribution in [0.3, 0.4) is 0 Å². The molecule has 1 saturated heterocycles. The smallest absolute Gasteiger partial charge is 0.408 e. The molecule has 20 nitrogen and oxygen atoms in total. The molecule has 66 heavy (non-hydrogen) atoms. The van der Waals surface area contributed by atoms with Gasteiger partial charge in [0.1, 0.15) is 41.9 Å². The fourth-order valence-corrected chi connectivity index (χ4v) is 7.64. The molecular formula is C46H75N7O13. The van der Waals surface area contributed by atoms with E-state index in [1.807, 2.05) is 0 Å². The van der Waals surface area contributed by atoms with E-state index >= 15 is 4.79 Å². The zero-order valence-electron chi connectivity index (χ0n) is 41.1. The molecule has 1 rings (SSSR count). The van der Waals surface area contributed by atoms with E-state index in [2.05, 4.69) is 34.4 Å². The van der Waals surface area contributed by atoms with Crippen LogP contribution in [0.1, 0.15) is 129 Å². The van der Waals surface area contributed by atoms with Crippen molar-refractivity contribution in [3.8, 4) is 0 Å². The maximum absolute atomic E-state index is 15.3. The largest absolute Gasteiger partial charge is 0.481 e. The van der Waals surface area contributed by atoms with Gasteiger partial charge in [-0.25, -0.2) is 4.79 Å². The number of nitrogens with one attached hydrogen (secondary N) is 4. The highest BCUT2D eigenvalue weighted by molar-refractivity contribution is 6.38. The molecular weight excluding hydrogens is 859 g/mol. The third-order valence-electron chi connectivity index (χ3n) is 10.4. The van der Waals surface area contributed by atoms with Crippen molar-refractivity contribution in [2.75, 3.05) is 13.1 Å². The molecule has 1 fully saturated rings. The number of likely N-dealkylation sites (tertiary alicyclic amines) is 1. The molecule has 1 aliphatic heterocycles. The average Bonchev–Trinajstić information content (AvgIpc) is 3.66. The van der Waals surface area contributed by atoms with Gasteiger partial charge < -0.3 is 50.9 Å². The number of carbonyl (C=O) groups is 10. The van der Waals surface area contributed by atoms with E-state index in [1.165, 1.54) is 22.0 Å². The van der Waals surface area contributed by atoms with Gasteiger partial charge in [-0.15, -0.1) is 13.2 Å². The molecule has 0 aliphatic carbocycles. The molecule has 6 N–H and O–H groups in total. The van der Waals surface area contributed by atoms with E-state index in [1.54, 1.807) is 90.0 Å². The molecule has 372 valence electrons. The molecule has 0 spiro atoms. The number of Topliss-reactive ketones (excluding diaryl/α,β-unsaturated/α-hetero) is 1. The molecule has 1 heterocycles. The van der Waals surface area contributed by atoms with Crippen LogP contribution in [0.25, 0.3) is 0 Å². The number of aliphatic carboxylic acids is 2. The third kappa shape index (κ3) is 17.2. The van der Waals surface area contributed by atoms with Gasteiger partial charge >= 0.3 is 18.0 Å². The van der Waals surface area contributed by atoms with Gasteiger partial charge in [-0.3, -0.25) is 43.2 Å². The number of hydrogen-bond donors (Lipinski definition) is 6. The van der Waals surface area contributed by atoms with E-state index in [-0.39, 0.29) is 25.9 Å². The van der Waals surface area contributed by atoms with Crippen molar-refractivity contribution >= 4 is 59.3 Å². The van der Waals surface area contributed by atoms with Crippen molar-refractivity contribution in [1.82, 2.24) is 36.0 Å². The number of alkyl carbamates (subject to hydrolysis) is 1.